The number of hydrogen-bond acceptors (Lipinski definition) is 5. The Morgan fingerprint density at radius 3 is 2.68 bits per heavy atom. The highest BCUT2D eigenvalue weighted by atomic mass is 16.5. The van der Waals surface area contributed by atoms with E-state index >= 15 is 0 Å². The highest BCUT2D eigenvalue weighted by molar-refractivity contribution is 5.94. The Morgan fingerprint density at radius 2 is 2.00 bits per heavy atom. The topological polar surface area (TPSA) is 88.1 Å². The fraction of sp³-hybridized carbons (Fsp3) is 0.556. The number of rotatable bonds is 2. The van der Waals surface area contributed by atoms with Gasteiger partial charge in [-0.15, -0.1) is 0 Å². The van der Waals surface area contributed by atoms with Gasteiger partial charge in [0.05, 0.1) is 18.0 Å². The third-order valence-corrected chi connectivity index (χ3v) is 5.26. The molecule has 0 saturated carbocycles. The molecule has 1 saturated heterocycles. The predicted octanol–water partition coefficient (Wildman–Crippen LogP) is 1.90. The van der Waals surface area contributed by atoms with Gasteiger partial charge in [0.1, 0.15) is 12.4 Å². The van der Waals surface area contributed by atoms with Gasteiger partial charge in [-0.25, -0.2) is 5.48 Å². The maximum absolute atomic E-state index is 13.2. The molecule has 1 atom stereocenters. The summed E-state index contributed by atoms with van der Waals surface area (Å²) >= 11 is 0. The van der Waals surface area contributed by atoms with E-state index in [0.29, 0.717) is 37.7 Å². The molecular weight excluding hydrogens is 324 g/mol. The van der Waals surface area contributed by atoms with Crippen molar-refractivity contribution in [3.8, 4) is 5.75 Å². The second-order valence-corrected chi connectivity index (χ2v) is 6.89. The van der Waals surface area contributed by atoms with Crippen LogP contribution in [-0.4, -0.2) is 48.3 Å². The molecule has 2 aliphatic rings. The standard InChI is InChI=1S/C18H24N2O5/c1-12-14-4-3-13(16(21)19-23)11-15(14)25-10-7-20(12)17(22)18(2)5-8-24-9-6-18/h3-4,11-12,23H,5-10H2,1-2H3,(H,19,21)/t12-/m0/s1. The van der Waals surface area contributed by atoms with Crippen molar-refractivity contribution in [1.29, 1.82) is 0 Å². The molecule has 7 nitrogen and oxygen atoms in total. The zero-order valence-corrected chi connectivity index (χ0v) is 14.6. The maximum atomic E-state index is 13.2. The molecule has 0 aromatic heterocycles. The second kappa shape index (κ2) is 7.01. The lowest BCUT2D eigenvalue weighted by atomic mass is 9.80. The lowest BCUT2D eigenvalue weighted by Crippen LogP contribution is -2.46. The van der Waals surface area contributed by atoms with Crippen LogP contribution in [0.2, 0.25) is 0 Å². The molecule has 1 aromatic carbocycles. The van der Waals surface area contributed by atoms with Crippen LogP contribution < -0.4 is 10.2 Å². The monoisotopic (exact) mass is 348 g/mol. The second-order valence-electron chi connectivity index (χ2n) is 6.89. The van der Waals surface area contributed by atoms with Crippen molar-refractivity contribution in [2.75, 3.05) is 26.4 Å². The number of carbonyl (C=O) groups excluding carboxylic acids is 2. The molecule has 0 bridgehead atoms. The molecule has 3 rings (SSSR count). The predicted molar refractivity (Wildman–Crippen MR) is 89.5 cm³/mol. The normalized spacial score (nSPS) is 22.4. The van der Waals surface area contributed by atoms with Gasteiger partial charge < -0.3 is 14.4 Å². The summed E-state index contributed by atoms with van der Waals surface area (Å²) in [5, 5.41) is 8.78. The SMILES string of the molecule is C[C@H]1c2ccc(C(=O)NO)cc2OCCN1C(=O)C1(C)CCOCC1. The average Bonchev–Trinajstić information content (AvgIpc) is 2.79. The molecule has 136 valence electrons. The third-order valence-electron chi connectivity index (χ3n) is 5.26. The Hall–Kier alpha value is -2.12. The number of nitrogens with zero attached hydrogens (tertiary/aromatic N) is 1. The number of nitrogens with one attached hydrogen (secondary N) is 1. The first-order valence-electron chi connectivity index (χ1n) is 8.56. The van der Waals surface area contributed by atoms with Crippen molar-refractivity contribution >= 4 is 11.8 Å². The number of carbonyl (C=O) groups is 2. The van der Waals surface area contributed by atoms with E-state index in [1.165, 1.54) is 0 Å². The number of hydroxylamine groups is 1. The zero-order chi connectivity index (χ0) is 18.0. The largest absolute Gasteiger partial charge is 0.491 e. The average molecular weight is 348 g/mol. The highest BCUT2D eigenvalue weighted by Gasteiger charge is 2.40. The first kappa shape index (κ1) is 17.7. The van der Waals surface area contributed by atoms with Gasteiger partial charge in [0.15, 0.2) is 0 Å². The van der Waals surface area contributed by atoms with Gasteiger partial charge in [0.25, 0.3) is 5.91 Å². The van der Waals surface area contributed by atoms with Crippen LogP contribution in [0, 0.1) is 5.41 Å². The van der Waals surface area contributed by atoms with Gasteiger partial charge in [0.2, 0.25) is 5.91 Å². The van der Waals surface area contributed by atoms with Gasteiger partial charge in [0, 0.05) is 24.3 Å². The van der Waals surface area contributed by atoms with Crippen LogP contribution in [0.1, 0.15) is 48.7 Å². The number of amides is 2. The maximum Gasteiger partial charge on any atom is 0.274 e. The van der Waals surface area contributed by atoms with E-state index in [9.17, 15) is 9.59 Å². The summed E-state index contributed by atoms with van der Waals surface area (Å²) in [6, 6.07) is 4.84. The lowest BCUT2D eigenvalue weighted by molar-refractivity contribution is -0.149. The number of fused-ring (bicyclic) bond motifs is 1. The van der Waals surface area contributed by atoms with Crippen LogP contribution in [0.5, 0.6) is 5.75 Å². The molecule has 2 amide bonds. The van der Waals surface area contributed by atoms with Crippen LogP contribution >= 0.6 is 0 Å². The lowest BCUT2D eigenvalue weighted by Gasteiger charge is -2.38. The number of benzene rings is 1. The van der Waals surface area contributed by atoms with Gasteiger partial charge in [-0.05, 0) is 31.9 Å². The third kappa shape index (κ3) is 3.34. The zero-order valence-electron chi connectivity index (χ0n) is 14.6. The van der Waals surface area contributed by atoms with E-state index in [4.69, 9.17) is 14.7 Å². The van der Waals surface area contributed by atoms with Crippen molar-refractivity contribution in [3.63, 3.8) is 0 Å². The summed E-state index contributed by atoms with van der Waals surface area (Å²) in [4.78, 5) is 26.6. The summed E-state index contributed by atoms with van der Waals surface area (Å²) in [5.74, 6) is 0.101. The van der Waals surface area contributed by atoms with Crippen LogP contribution in [0.3, 0.4) is 0 Å². The molecule has 0 radical (unpaired) electrons. The molecule has 2 aliphatic heterocycles. The molecule has 2 heterocycles. The van der Waals surface area contributed by atoms with Crippen LogP contribution in [0.25, 0.3) is 0 Å². The van der Waals surface area contributed by atoms with Crippen molar-refractivity contribution in [3.05, 3.63) is 29.3 Å². The smallest absolute Gasteiger partial charge is 0.274 e. The van der Waals surface area contributed by atoms with E-state index in [1.807, 2.05) is 18.7 Å². The Morgan fingerprint density at radius 1 is 1.28 bits per heavy atom. The number of ether oxygens (including phenoxy) is 2. The highest BCUT2D eigenvalue weighted by Crippen LogP contribution is 2.38. The summed E-state index contributed by atoms with van der Waals surface area (Å²) in [7, 11) is 0. The van der Waals surface area contributed by atoms with Gasteiger partial charge in [-0.2, -0.15) is 0 Å². The van der Waals surface area contributed by atoms with Crippen LogP contribution in [0.15, 0.2) is 18.2 Å². The molecule has 1 aromatic rings. The van der Waals surface area contributed by atoms with E-state index < -0.39 is 11.3 Å². The first-order chi connectivity index (χ1) is 12.0. The van der Waals surface area contributed by atoms with Crippen LogP contribution in [0.4, 0.5) is 0 Å². The van der Waals surface area contributed by atoms with E-state index in [2.05, 4.69) is 0 Å². The van der Waals surface area contributed by atoms with E-state index in [1.54, 1.807) is 23.7 Å². The van der Waals surface area contributed by atoms with Gasteiger partial charge in [-0.3, -0.25) is 14.8 Å². The van der Waals surface area contributed by atoms with Gasteiger partial charge >= 0.3 is 0 Å². The fourth-order valence-corrected chi connectivity index (χ4v) is 3.49. The fourth-order valence-electron chi connectivity index (χ4n) is 3.49. The summed E-state index contributed by atoms with van der Waals surface area (Å²) in [5.41, 5.74) is 2.38. The molecule has 1 fully saturated rings. The molecule has 25 heavy (non-hydrogen) atoms. The Labute approximate surface area is 146 Å². The Balaban J connectivity index is 1.87. The number of hydrogen-bond donors (Lipinski definition) is 2. The Kier molecular flexibility index (Phi) is 4.96. The van der Waals surface area contributed by atoms with Crippen molar-refractivity contribution in [2.45, 2.75) is 32.7 Å². The molecule has 0 aliphatic carbocycles. The minimum Gasteiger partial charge on any atom is -0.491 e. The van der Waals surface area contributed by atoms with Gasteiger partial charge in [-0.1, -0.05) is 13.0 Å². The van der Waals surface area contributed by atoms with Crippen molar-refractivity contribution in [1.82, 2.24) is 10.4 Å². The molecular formula is C18H24N2O5. The van der Waals surface area contributed by atoms with Crippen LogP contribution in [-0.2, 0) is 9.53 Å². The summed E-state index contributed by atoms with van der Waals surface area (Å²) in [6.45, 7) is 6.05. The molecule has 7 heteroatoms. The minimum absolute atomic E-state index is 0.122. The van der Waals surface area contributed by atoms with Crippen molar-refractivity contribution in [2.24, 2.45) is 5.41 Å². The molecule has 2 N–H and O–H groups in total. The molecule has 0 spiro atoms. The summed E-state index contributed by atoms with van der Waals surface area (Å²) in [6.07, 6.45) is 1.44. The Bertz CT molecular complexity index is 669. The minimum atomic E-state index is -0.592. The summed E-state index contributed by atoms with van der Waals surface area (Å²) < 4.78 is 11.2. The first-order valence-corrected chi connectivity index (χ1v) is 8.56. The van der Waals surface area contributed by atoms with E-state index in [0.717, 1.165) is 18.4 Å². The quantitative estimate of drug-likeness (QED) is 0.630. The van der Waals surface area contributed by atoms with Crippen molar-refractivity contribution < 1.29 is 24.3 Å². The molecule has 0 unspecified atom stereocenters. The van der Waals surface area contributed by atoms with E-state index in [-0.39, 0.29) is 11.9 Å².